The Balaban J connectivity index is 1.47. The van der Waals surface area contributed by atoms with Crippen molar-refractivity contribution in [3.63, 3.8) is 0 Å². The third kappa shape index (κ3) is 4.15. The number of fused-ring (bicyclic) bond motifs is 2. The summed E-state index contributed by atoms with van der Waals surface area (Å²) in [4.78, 5) is 18.0. The van der Waals surface area contributed by atoms with Crippen LogP contribution in [0.25, 0.3) is 10.2 Å². The molecule has 0 N–H and O–H groups in total. The minimum absolute atomic E-state index is 0.154. The Morgan fingerprint density at radius 3 is 2.57 bits per heavy atom. The van der Waals surface area contributed by atoms with E-state index in [0.717, 1.165) is 40.1 Å². The zero-order valence-electron chi connectivity index (χ0n) is 19.5. The normalized spacial score (nSPS) is 14.2. The number of benzene rings is 3. The van der Waals surface area contributed by atoms with Gasteiger partial charge in [-0.25, -0.2) is 8.42 Å². The third-order valence-corrected chi connectivity index (χ3v) is 9.03. The highest BCUT2D eigenvalue weighted by Gasteiger charge is 2.29. The van der Waals surface area contributed by atoms with Crippen LogP contribution in [0.5, 0.6) is 5.75 Å². The maximum absolute atomic E-state index is 13.4. The standard InChI is InChI=1S/C26H25N3O4S2/c1-3-28-24-22(33-2)11-6-12-23(24)34-26(28)27-25(30)19-13-15-20(16-14-19)35(31,32)29-17-7-9-18-8-4-5-10-21(18)29/h4-6,8,10-16H,3,7,9,17H2,1-2H3. The number of carbonyl (C=O) groups excluding carboxylic acids is 1. The Morgan fingerprint density at radius 1 is 1.06 bits per heavy atom. The Hall–Kier alpha value is -3.43. The number of aromatic nitrogens is 1. The zero-order chi connectivity index (χ0) is 24.6. The maximum atomic E-state index is 13.4. The molecule has 180 valence electrons. The van der Waals surface area contributed by atoms with Crippen molar-refractivity contribution < 1.29 is 17.9 Å². The molecule has 0 saturated carbocycles. The minimum atomic E-state index is -3.74. The topological polar surface area (TPSA) is 81.0 Å². The molecule has 5 rings (SSSR count). The Morgan fingerprint density at radius 2 is 1.83 bits per heavy atom. The van der Waals surface area contributed by atoms with E-state index in [1.54, 1.807) is 7.11 Å². The molecular formula is C26H25N3O4S2. The monoisotopic (exact) mass is 507 g/mol. The van der Waals surface area contributed by atoms with E-state index < -0.39 is 15.9 Å². The number of amides is 1. The molecule has 35 heavy (non-hydrogen) atoms. The number of carbonyl (C=O) groups is 1. The lowest BCUT2D eigenvalue weighted by molar-refractivity contribution is 0.0997. The van der Waals surface area contributed by atoms with E-state index in [1.807, 2.05) is 54.0 Å². The van der Waals surface area contributed by atoms with Gasteiger partial charge in [0.25, 0.3) is 15.9 Å². The van der Waals surface area contributed by atoms with Crippen molar-refractivity contribution in [2.45, 2.75) is 31.2 Å². The Labute approximate surface area is 208 Å². The summed E-state index contributed by atoms with van der Waals surface area (Å²) in [7, 11) is -2.12. The van der Waals surface area contributed by atoms with E-state index in [4.69, 9.17) is 4.74 Å². The smallest absolute Gasteiger partial charge is 0.279 e. The number of methoxy groups -OCH3 is 1. The number of sulfonamides is 1. The average Bonchev–Trinajstić information content (AvgIpc) is 3.25. The highest BCUT2D eigenvalue weighted by atomic mass is 32.2. The molecule has 1 amide bonds. The van der Waals surface area contributed by atoms with Crippen molar-refractivity contribution >= 4 is 43.2 Å². The molecule has 0 aliphatic carbocycles. The Kier molecular flexibility index (Phi) is 6.21. The van der Waals surface area contributed by atoms with Gasteiger partial charge in [0.05, 0.1) is 22.4 Å². The number of nitrogens with zero attached hydrogens (tertiary/aromatic N) is 3. The molecule has 1 aromatic heterocycles. The molecule has 0 spiro atoms. The largest absolute Gasteiger partial charge is 0.495 e. The first kappa shape index (κ1) is 23.3. The number of hydrogen-bond acceptors (Lipinski definition) is 5. The fourth-order valence-electron chi connectivity index (χ4n) is 4.44. The molecule has 2 heterocycles. The average molecular weight is 508 g/mol. The van der Waals surface area contributed by atoms with E-state index in [-0.39, 0.29) is 4.90 Å². The van der Waals surface area contributed by atoms with Crippen molar-refractivity contribution in [2.24, 2.45) is 4.99 Å². The van der Waals surface area contributed by atoms with E-state index in [0.29, 0.717) is 23.5 Å². The maximum Gasteiger partial charge on any atom is 0.279 e. The van der Waals surface area contributed by atoms with Crippen LogP contribution in [0.2, 0.25) is 0 Å². The van der Waals surface area contributed by atoms with Gasteiger partial charge in [-0.05, 0) is 67.8 Å². The molecule has 9 heteroatoms. The molecule has 0 unspecified atom stereocenters. The fraction of sp³-hybridized carbons (Fsp3) is 0.231. The highest BCUT2D eigenvalue weighted by Crippen LogP contribution is 2.32. The van der Waals surface area contributed by atoms with Crippen molar-refractivity contribution in [1.29, 1.82) is 0 Å². The van der Waals surface area contributed by atoms with Crippen molar-refractivity contribution in [1.82, 2.24) is 4.57 Å². The lowest BCUT2D eigenvalue weighted by atomic mass is 10.0. The van der Waals surface area contributed by atoms with Crippen LogP contribution in [0.15, 0.2) is 76.6 Å². The first-order chi connectivity index (χ1) is 16.9. The molecule has 0 fully saturated rings. The summed E-state index contributed by atoms with van der Waals surface area (Å²) in [6.45, 7) is 3.04. The molecule has 0 atom stereocenters. The van der Waals surface area contributed by atoms with Crippen molar-refractivity contribution in [2.75, 3.05) is 18.0 Å². The van der Waals surface area contributed by atoms with Crippen LogP contribution >= 0.6 is 11.3 Å². The van der Waals surface area contributed by atoms with Crippen LogP contribution < -0.4 is 13.8 Å². The first-order valence-electron chi connectivity index (χ1n) is 11.4. The number of aryl methyl sites for hydroxylation is 2. The van der Waals surface area contributed by atoms with E-state index in [1.165, 1.54) is 39.9 Å². The van der Waals surface area contributed by atoms with Crippen LogP contribution in [0.4, 0.5) is 5.69 Å². The summed E-state index contributed by atoms with van der Waals surface area (Å²) in [6.07, 6.45) is 1.63. The molecular weight excluding hydrogens is 482 g/mol. The van der Waals surface area contributed by atoms with Crippen molar-refractivity contribution in [3.8, 4) is 5.75 Å². The number of hydrogen-bond donors (Lipinski definition) is 0. The van der Waals surface area contributed by atoms with Gasteiger partial charge in [0, 0.05) is 18.7 Å². The van der Waals surface area contributed by atoms with Gasteiger partial charge in [0.2, 0.25) is 0 Å². The van der Waals surface area contributed by atoms with Crippen LogP contribution in [0, 0.1) is 0 Å². The van der Waals surface area contributed by atoms with Gasteiger partial charge in [-0.2, -0.15) is 4.99 Å². The summed E-state index contributed by atoms with van der Waals surface area (Å²) in [5.74, 6) is 0.299. The number of para-hydroxylation sites is 2. The van der Waals surface area contributed by atoms with E-state index >= 15 is 0 Å². The second-order valence-corrected chi connectivity index (χ2v) is 11.1. The summed E-state index contributed by atoms with van der Waals surface area (Å²) in [6, 6.07) is 19.4. The summed E-state index contributed by atoms with van der Waals surface area (Å²) < 4.78 is 36.6. The van der Waals surface area contributed by atoms with E-state index in [2.05, 4.69) is 4.99 Å². The SMILES string of the molecule is CCn1c(=NC(=O)c2ccc(S(=O)(=O)N3CCCc4ccccc43)cc2)sc2cccc(OC)c21. The summed E-state index contributed by atoms with van der Waals surface area (Å²) in [5.41, 5.74) is 2.97. The molecule has 3 aromatic carbocycles. The summed E-state index contributed by atoms with van der Waals surface area (Å²) >= 11 is 1.41. The molecule has 4 aromatic rings. The second kappa shape index (κ2) is 9.31. The van der Waals surface area contributed by atoms with Gasteiger partial charge in [0.15, 0.2) is 4.80 Å². The predicted molar refractivity (Wildman–Crippen MR) is 138 cm³/mol. The number of thiazole rings is 1. The molecule has 7 nitrogen and oxygen atoms in total. The molecule has 0 bridgehead atoms. The van der Waals surface area contributed by atoms with Gasteiger partial charge < -0.3 is 9.30 Å². The molecule has 1 aliphatic heterocycles. The van der Waals surface area contributed by atoms with E-state index in [9.17, 15) is 13.2 Å². The highest BCUT2D eigenvalue weighted by molar-refractivity contribution is 7.92. The lowest BCUT2D eigenvalue weighted by Gasteiger charge is -2.30. The van der Waals surface area contributed by atoms with Gasteiger partial charge in [0.1, 0.15) is 11.3 Å². The number of rotatable bonds is 5. The predicted octanol–water partition coefficient (Wildman–Crippen LogP) is 4.61. The molecule has 0 radical (unpaired) electrons. The number of anilines is 1. The quantitative estimate of drug-likeness (QED) is 0.395. The second-order valence-electron chi connectivity index (χ2n) is 8.19. The van der Waals surface area contributed by atoms with Gasteiger partial charge in [-0.3, -0.25) is 9.10 Å². The van der Waals surface area contributed by atoms with Gasteiger partial charge in [-0.15, -0.1) is 0 Å². The number of ether oxygens (including phenoxy) is 1. The first-order valence-corrected chi connectivity index (χ1v) is 13.7. The fourth-order valence-corrected chi connectivity index (χ4v) is 7.09. The summed E-state index contributed by atoms with van der Waals surface area (Å²) in [5, 5.41) is 0. The lowest BCUT2D eigenvalue weighted by Crippen LogP contribution is -2.35. The van der Waals surface area contributed by atoms with Crippen molar-refractivity contribution in [3.05, 3.63) is 82.7 Å². The third-order valence-electron chi connectivity index (χ3n) is 6.15. The molecule has 0 saturated heterocycles. The molecule has 1 aliphatic rings. The van der Waals surface area contributed by atoms with Gasteiger partial charge in [-0.1, -0.05) is 35.6 Å². The zero-order valence-corrected chi connectivity index (χ0v) is 21.1. The van der Waals surface area contributed by atoms with Crippen LogP contribution in [-0.4, -0.2) is 32.5 Å². The van der Waals surface area contributed by atoms with Crippen LogP contribution in [-0.2, 0) is 23.0 Å². The Bertz CT molecular complexity index is 1590. The van der Waals surface area contributed by atoms with Crippen LogP contribution in [0.1, 0.15) is 29.3 Å². The van der Waals surface area contributed by atoms with Gasteiger partial charge >= 0.3 is 0 Å². The van der Waals surface area contributed by atoms with Crippen LogP contribution in [0.3, 0.4) is 0 Å². The minimum Gasteiger partial charge on any atom is -0.495 e.